The van der Waals surface area contributed by atoms with E-state index in [9.17, 15) is 13.2 Å². The van der Waals surface area contributed by atoms with Crippen LogP contribution >= 0.6 is 0 Å². The van der Waals surface area contributed by atoms with E-state index in [1.807, 2.05) is 17.9 Å². The van der Waals surface area contributed by atoms with Gasteiger partial charge in [-0.3, -0.25) is 9.30 Å². The van der Waals surface area contributed by atoms with E-state index in [1.165, 1.54) is 10.5 Å². The normalized spacial score (nSPS) is 17.3. The fraction of sp³-hybridized carbons (Fsp3) is 0.478. The van der Waals surface area contributed by atoms with Crippen molar-refractivity contribution >= 4 is 5.65 Å². The van der Waals surface area contributed by atoms with Crippen LogP contribution in [0.15, 0.2) is 42.6 Å². The number of aryl methyl sites for hydroxylation is 1. The van der Waals surface area contributed by atoms with Gasteiger partial charge in [-0.25, -0.2) is 4.39 Å². The zero-order chi connectivity index (χ0) is 22.1. The van der Waals surface area contributed by atoms with Crippen LogP contribution in [0, 0.1) is 0 Å². The van der Waals surface area contributed by atoms with E-state index < -0.39 is 17.4 Å². The van der Waals surface area contributed by atoms with Crippen molar-refractivity contribution in [3.63, 3.8) is 0 Å². The number of aromatic nitrogens is 3. The van der Waals surface area contributed by atoms with Crippen LogP contribution < -0.4 is 0 Å². The van der Waals surface area contributed by atoms with Gasteiger partial charge >= 0.3 is 6.18 Å². The van der Waals surface area contributed by atoms with Crippen molar-refractivity contribution in [2.45, 2.75) is 57.4 Å². The minimum absolute atomic E-state index is 0.105. The van der Waals surface area contributed by atoms with Gasteiger partial charge in [0, 0.05) is 32.3 Å². The topological polar surface area (TPSA) is 33.4 Å². The summed E-state index contributed by atoms with van der Waals surface area (Å²) < 4.78 is 58.8. The zero-order valence-corrected chi connectivity index (χ0v) is 17.5. The molecule has 31 heavy (non-hydrogen) atoms. The van der Waals surface area contributed by atoms with E-state index in [0.717, 1.165) is 12.8 Å². The van der Waals surface area contributed by atoms with E-state index in [2.05, 4.69) is 10.2 Å². The fourth-order valence-corrected chi connectivity index (χ4v) is 4.32. The second-order valence-electron chi connectivity index (χ2n) is 8.23. The lowest BCUT2D eigenvalue weighted by atomic mass is 9.86. The first-order valence-electron chi connectivity index (χ1n) is 10.7. The van der Waals surface area contributed by atoms with Gasteiger partial charge < -0.3 is 0 Å². The molecule has 2 aromatic heterocycles. The standard InChI is InChI=1S/C23H26F4N4/c1-2-3-9-19-28-29-21-20(23(25,26)27)17(10-13-31(19)21)16-30-14-11-22(24,12-15-30)18-7-5-4-6-8-18/h4-8,10,13H,2-3,9,11-12,14-16H2,1H3. The number of benzene rings is 1. The van der Waals surface area contributed by atoms with Gasteiger partial charge in [-0.1, -0.05) is 43.7 Å². The quantitative estimate of drug-likeness (QED) is 0.477. The summed E-state index contributed by atoms with van der Waals surface area (Å²) in [7, 11) is 0. The zero-order valence-electron chi connectivity index (χ0n) is 17.5. The van der Waals surface area contributed by atoms with E-state index in [1.54, 1.807) is 30.5 Å². The third-order valence-electron chi connectivity index (χ3n) is 6.11. The summed E-state index contributed by atoms with van der Waals surface area (Å²) >= 11 is 0. The Bertz CT molecular complexity index is 1020. The Morgan fingerprint density at radius 1 is 1.03 bits per heavy atom. The molecule has 4 nitrogen and oxygen atoms in total. The molecular weight excluding hydrogens is 408 g/mol. The van der Waals surface area contributed by atoms with Crippen molar-refractivity contribution in [2.24, 2.45) is 0 Å². The Balaban J connectivity index is 1.56. The van der Waals surface area contributed by atoms with Crippen LogP contribution in [0.5, 0.6) is 0 Å². The van der Waals surface area contributed by atoms with Crippen molar-refractivity contribution in [3.8, 4) is 0 Å². The van der Waals surface area contributed by atoms with Crippen molar-refractivity contribution in [1.29, 1.82) is 0 Å². The lowest BCUT2D eigenvalue weighted by molar-refractivity contribution is -0.137. The number of fused-ring (bicyclic) bond motifs is 1. The first kappa shape index (κ1) is 21.7. The number of hydrogen-bond acceptors (Lipinski definition) is 3. The number of likely N-dealkylation sites (tertiary alicyclic amines) is 1. The van der Waals surface area contributed by atoms with Crippen LogP contribution in [-0.2, 0) is 24.8 Å². The summed E-state index contributed by atoms with van der Waals surface area (Å²) in [4.78, 5) is 1.89. The van der Waals surface area contributed by atoms with Crippen molar-refractivity contribution < 1.29 is 17.6 Å². The number of nitrogens with zero attached hydrogens (tertiary/aromatic N) is 4. The fourth-order valence-electron chi connectivity index (χ4n) is 4.32. The highest BCUT2D eigenvalue weighted by Gasteiger charge is 2.39. The van der Waals surface area contributed by atoms with Crippen molar-refractivity contribution in [3.05, 3.63) is 65.1 Å². The summed E-state index contributed by atoms with van der Waals surface area (Å²) in [6.07, 6.45) is -0.0655. The Hall–Kier alpha value is -2.48. The average molecular weight is 434 g/mol. The van der Waals surface area contributed by atoms with Crippen LogP contribution in [0.3, 0.4) is 0 Å². The van der Waals surface area contributed by atoms with Crippen molar-refractivity contribution in [2.75, 3.05) is 13.1 Å². The molecule has 0 unspecified atom stereocenters. The third kappa shape index (κ3) is 4.44. The molecule has 0 amide bonds. The molecule has 0 bridgehead atoms. The number of alkyl halides is 4. The molecule has 1 aliphatic rings. The van der Waals surface area contributed by atoms with Crippen molar-refractivity contribution in [1.82, 2.24) is 19.5 Å². The molecule has 1 fully saturated rings. The lowest BCUT2D eigenvalue weighted by Gasteiger charge is -2.37. The molecule has 8 heteroatoms. The number of halogens is 4. The van der Waals surface area contributed by atoms with Crippen LogP contribution in [0.1, 0.15) is 55.1 Å². The van der Waals surface area contributed by atoms with Crippen LogP contribution in [0.25, 0.3) is 5.65 Å². The summed E-state index contributed by atoms with van der Waals surface area (Å²) in [5.74, 6) is 0.539. The van der Waals surface area contributed by atoms with Crippen LogP contribution in [-0.4, -0.2) is 32.6 Å². The lowest BCUT2D eigenvalue weighted by Crippen LogP contribution is -2.40. The van der Waals surface area contributed by atoms with E-state index in [4.69, 9.17) is 0 Å². The third-order valence-corrected chi connectivity index (χ3v) is 6.11. The minimum Gasteiger partial charge on any atom is -0.299 e. The smallest absolute Gasteiger partial charge is 0.299 e. The maximum atomic E-state index is 15.4. The summed E-state index contributed by atoms with van der Waals surface area (Å²) in [5.41, 5.74) is -1.55. The molecule has 1 aromatic carbocycles. The molecule has 0 atom stereocenters. The number of hydrogen-bond donors (Lipinski definition) is 0. The second kappa shape index (κ2) is 8.57. The predicted molar refractivity (Wildman–Crippen MR) is 110 cm³/mol. The molecule has 0 N–H and O–H groups in total. The maximum Gasteiger partial charge on any atom is 0.420 e. The van der Waals surface area contributed by atoms with Gasteiger partial charge in [0.2, 0.25) is 0 Å². The van der Waals surface area contributed by atoms with Gasteiger partial charge in [-0.2, -0.15) is 13.2 Å². The molecule has 0 aliphatic carbocycles. The number of pyridine rings is 1. The molecule has 3 aromatic rings. The van der Waals surface area contributed by atoms with Gasteiger partial charge in [0.15, 0.2) is 5.65 Å². The van der Waals surface area contributed by atoms with E-state index in [-0.39, 0.29) is 30.6 Å². The molecule has 166 valence electrons. The molecule has 0 spiro atoms. The van der Waals surface area contributed by atoms with Gasteiger partial charge in [0.25, 0.3) is 0 Å². The van der Waals surface area contributed by atoms with E-state index in [0.29, 0.717) is 30.9 Å². The summed E-state index contributed by atoms with van der Waals surface area (Å²) in [6, 6.07) is 10.5. The maximum absolute atomic E-state index is 15.4. The molecule has 4 rings (SSSR count). The molecular formula is C23H26F4N4. The summed E-state index contributed by atoms with van der Waals surface area (Å²) in [5, 5.41) is 7.87. The van der Waals surface area contributed by atoms with E-state index >= 15 is 4.39 Å². The Morgan fingerprint density at radius 2 is 1.74 bits per heavy atom. The molecule has 1 aliphatic heterocycles. The molecule has 1 saturated heterocycles. The molecule has 3 heterocycles. The number of piperidine rings is 1. The average Bonchev–Trinajstić information content (AvgIpc) is 3.16. The highest BCUT2D eigenvalue weighted by Crippen LogP contribution is 2.39. The molecule has 0 radical (unpaired) electrons. The Labute approximate surface area is 178 Å². The second-order valence-corrected chi connectivity index (χ2v) is 8.23. The first-order chi connectivity index (χ1) is 14.8. The number of unbranched alkanes of at least 4 members (excludes halogenated alkanes) is 1. The first-order valence-corrected chi connectivity index (χ1v) is 10.7. The van der Waals surface area contributed by atoms with Crippen LogP contribution in [0.2, 0.25) is 0 Å². The predicted octanol–water partition coefficient (Wildman–Crippen LogP) is 5.55. The monoisotopic (exact) mass is 434 g/mol. The Morgan fingerprint density at radius 3 is 2.39 bits per heavy atom. The van der Waals surface area contributed by atoms with Crippen LogP contribution in [0.4, 0.5) is 17.6 Å². The highest BCUT2D eigenvalue weighted by molar-refractivity contribution is 5.53. The van der Waals surface area contributed by atoms with Gasteiger partial charge in [0.1, 0.15) is 17.1 Å². The number of rotatable bonds is 6. The molecule has 0 saturated carbocycles. The van der Waals surface area contributed by atoms with Gasteiger partial charge in [-0.05, 0) is 36.5 Å². The SMILES string of the molecule is CCCCc1nnc2c(C(F)(F)F)c(CN3CCC(F)(c4ccccc4)CC3)ccn12. The largest absolute Gasteiger partial charge is 0.420 e. The van der Waals surface area contributed by atoms with Gasteiger partial charge in [0.05, 0.1) is 0 Å². The highest BCUT2D eigenvalue weighted by atomic mass is 19.4. The summed E-state index contributed by atoms with van der Waals surface area (Å²) in [6.45, 7) is 2.91. The Kier molecular flexibility index (Phi) is 6.01. The minimum atomic E-state index is -4.55. The van der Waals surface area contributed by atoms with Gasteiger partial charge in [-0.15, -0.1) is 10.2 Å².